The average Bonchev–Trinajstić information content (AvgIpc) is 2.56. The van der Waals surface area contributed by atoms with E-state index in [0.717, 1.165) is 11.3 Å². The van der Waals surface area contributed by atoms with Gasteiger partial charge in [-0.25, -0.2) is 17.9 Å². The lowest BCUT2D eigenvalue weighted by Gasteiger charge is -2.12. The molecule has 0 unspecified atom stereocenters. The molecule has 2 amide bonds. The van der Waals surface area contributed by atoms with Crippen LogP contribution in [0.5, 0.6) is 0 Å². The number of urea groups is 1. The third kappa shape index (κ3) is 6.29. The van der Waals surface area contributed by atoms with Crippen molar-refractivity contribution in [1.29, 1.82) is 0 Å². The quantitative estimate of drug-likeness (QED) is 0.685. The summed E-state index contributed by atoms with van der Waals surface area (Å²) >= 11 is 1.71. The minimum Gasteiger partial charge on any atom is -0.336 e. The van der Waals surface area contributed by atoms with E-state index in [1.54, 1.807) is 23.9 Å². The van der Waals surface area contributed by atoms with E-state index in [-0.39, 0.29) is 4.90 Å². The van der Waals surface area contributed by atoms with E-state index in [4.69, 9.17) is 0 Å². The van der Waals surface area contributed by atoms with Crippen LogP contribution in [0.1, 0.15) is 27.8 Å². The van der Waals surface area contributed by atoms with Crippen molar-refractivity contribution in [3.63, 3.8) is 0 Å². The first-order chi connectivity index (χ1) is 12.7. The van der Waals surface area contributed by atoms with Gasteiger partial charge in [0.25, 0.3) is 10.0 Å². The molecular weight excluding hydrogens is 380 g/mol. The van der Waals surface area contributed by atoms with Crippen molar-refractivity contribution >= 4 is 27.8 Å². The molecule has 0 saturated carbocycles. The van der Waals surface area contributed by atoms with Crippen molar-refractivity contribution in [2.75, 3.05) is 12.3 Å². The maximum absolute atomic E-state index is 12.2. The number of amides is 2. The van der Waals surface area contributed by atoms with Crippen molar-refractivity contribution < 1.29 is 13.2 Å². The Morgan fingerprint density at radius 2 is 1.56 bits per heavy atom. The Morgan fingerprint density at radius 3 is 2.15 bits per heavy atom. The molecule has 2 rings (SSSR count). The largest absolute Gasteiger partial charge is 0.336 e. The highest BCUT2D eigenvalue weighted by Gasteiger charge is 2.16. The van der Waals surface area contributed by atoms with Gasteiger partial charge in [-0.3, -0.25) is 0 Å². The van der Waals surface area contributed by atoms with Gasteiger partial charge < -0.3 is 5.32 Å². The van der Waals surface area contributed by atoms with Crippen molar-refractivity contribution in [3.8, 4) is 0 Å². The Kier molecular flexibility index (Phi) is 7.33. The first-order valence-corrected chi connectivity index (χ1v) is 11.3. The third-order valence-electron chi connectivity index (χ3n) is 4.18. The van der Waals surface area contributed by atoms with E-state index < -0.39 is 16.1 Å². The summed E-state index contributed by atoms with van der Waals surface area (Å²) in [6, 6.07) is 9.98. The van der Waals surface area contributed by atoms with Crippen LogP contribution in [0.3, 0.4) is 0 Å². The Balaban J connectivity index is 1.77. The molecule has 0 aliphatic rings. The van der Waals surface area contributed by atoms with E-state index in [1.165, 1.54) is 34.4 Å². The third-order valence-corrected chi connectivity index (χ3v) is 6.51. The molecule has 0 saturated heterocycles. The fraction of sp³-hybridized carbons (Fsp3) is 0.350. The van der Waals surface area contributed by atoms with Crippen LogP contribution in [0.4, 0.5) is 4.79 Å². The van der Waals surface area contributed by atoms with Gasteiger partial charge in [-0.2, -0.15) is 11.8 Å². The number of carbonyl (C=O) groups is 1. The zero-order chi connectivity index (χ0) is 20.0. The van der Waals surface area contributed by atoms with E-state index in [0.29, 0.717) is 12.3 Å². The summed E-state index contributed by atoms with van der Waals surface area (Å²) in [5.41, 5.74) is 6.07. The number of hydrogen-bond donors (Lipinski definition) is 2. The first kappa shape index (κ1) is 21.3. The Hall–Kier alpha value is -1.99. The molecule has 0 fully saturated rings. The minimum atomic E-state index is -3.85. The summed E-state index contributed by atoms with van der Waals surface area (Å²) < 4.78 is 26.3. The summed E-state index contributed by atoms with van der Waals surface area (Å²) in [6.07, 6.45) is 0. The molecule has 27 heavy (non-hydrogen) atoms. The van der Waals surface area contributed by atoms with Crippen molar-refractivity contribution in [3.05, 3.63) is 64.2 Å². The Labute approximate surface area is 166 Å². The lowest BCUT2D eigenvalue weighted by Crippen LogP contribution is -2.40. The van der Waals surface area contributed by atoms with E-state index >= 15 is 0 Å². The molecule has 0 radical (unpaired) electrons. The van der Waals surface area contributed by atoms with Gasteiger partial charge in [0.15, 0.2) is 0 Å². The standard InChI is InChI=1S/C20H26N2O3S2/c1-14-5-7-18(8-6-14)27(24,25)22-20(23)21-9-10-26-13-19-16(3)11-15(2)12-17(19)4/h5-8,11-12H,9-10,13H2,1-4H3,(H2,21,22,23). The molecule has 2 aromatic rings. The molecule has 0 atom stereocenters. The van der Waals surface area contributed by atoms with Gasteiger partial charge in [-0.15, -0.1) is 0 Å². The zero-order valence-corrected chi connectivity index (χ0v) is 17.8. The number of nitrogens with one attached hydrogen (secondary N) is 2. The molecule has 0 aliphatic heterocycles. The van der Waals surface area contributed by atoms with Gasteiger partial charge in [-0.05, 0) is 56.5 Å². The van der Waals surface area contributed by atoms with Gasteiger partial charge >= 0.3 is 6.03 Å². The van der Waals surface area contributed by atoms with E-state index in [1.807, 2.05) is 11.6 Å². The summed E-state index contributed by atoms with van der Waals surface area (Å²) in [6.45, 7) is 8.57. The van der Waals surface area contributed by atoms with Gasteiger partial charge in [0.05, 0.1) is 4.90 Å². The Morgan fingerprint density at radius 1 is 0.963 bits per heavy atom. The fourth-order valence-corrected chi connectivity index (χ4v) is 4.76. The monoisotopic (exact) mass is 406 g/mol. The van der Waals surface area contributed by atoms with Crippen LogP contribution in [0.25, 0.3) is 0 Å². The molecule has 0 aromatic heterocycles. The fourth-order valence-electron chi connectivity index (χ4n) is 2.78. The van der Waals surface area contributed by atoms with Crippen LogP contribution < -0.4 is 10.0 Å². The van der Waals surface area contributed by atoms with Crippen molar-refractivity contribution in [1.82, 2.24) is 10.0 Å². The summed E-state index contributed by atoms with van der Waals surface area (Å²) in [4.78, 5) is 11.9. The molecule has 2 aromatic carbocycles. The molecule has 0 spiro atoms. The van der Waals surface area contributed by atoms with Crippen molar-refractivity contribution in [2.45, 2.75) is 38.3 Å². The topological polar surface area (TPSA) is 75.3 Å². The van der Waals surface area contributed by atoms with Crippen LogP contribution >= 0.6 is 11.8 Å². The van der Waals surface area contributed by atoms with Gasteiger partial charge in [0, 0.05) is 18.1 Å². The van der Waals surface area contributed by atoms with Crippen molar-refractivity contribution in [2.24, 2.45) is 0 Å². The highest BCUT2D eigenvalue weighted by Crippen LogP contribution is 2.21. The predicted octanol–water partition coefficient (Wildman–Crippen LogP) is 3.84. The Bertz CT molecular complexity index is 884. The SMILES string of the molecule is Cc1ccc(S(=O)(=O)NC(=O)NCCSCc2c(C)cc(C)cc2C)cc1. The van der Waals surface area contributed by atoms with Crippen LogP contribution in [-0.4, -0.2) is 26.7 Å². The average molecular weight is 407 g/mol. The van der Waals surface area contributed by atoms with Crippen LogP contribution in [0.15, 0.2) is 41.3 Å². The number of benzene rings is 2. The number of thioether (sulfide) groups is 1. The van der Waals surface area contributed by atoms with Crippen LogP contribution in [0.2, 0.25) is 0 Å². The number of hydrogen-bond acceptors (Lipinski definition) is 4. The minimum absolute atomic E-state index is 0.0722. The molecule has 146 valence electrons. The van der Waals surface area contributed by atoms with Gasteiger partial charge in [0.2, 0.25) is 0 Å². The van der Waals surface area contributed by atoms with Crippen LogP contribution in [0, 0.1) is 27.7 Å². The van der Waals surface area contributed by atoms with E-state index in [2.05, 4.69) is 38.2 Å². The second-order valence-electron chi connectivity index (χ2n) is 6.60. The highest BCUT2D eigenvalue weighted by molar-refractivity contribution is 7.98. The molecular formula is C20H26N2O3S2. The maximum Gasteiger partial charge on any atom is 0.328 e. The summed E-state index contributed by atoms with van der Waals surface area (Å²) in [7, 11) is -3.85. The number of aryl methyl sites for hydroxylation is 4. The zero-order valence-electron chi connectivity index (χ0n) is 16.1. The molecule has 0 aliphatic carbocycles. The predicted molar refractivity (Wildman–Crippen MR) is 112 cm³/mol. The molecule has 5 nitrogen and oxygen atoms in total. The molecule has 2 N–H and O–H groups in total. The second-order valence-corrected chi connectivity index (χ2v) is 9.39. The smallest absolute Gasteiger partial charge is 0.328 e. The molecule has 0 heterocycles. The second kappa shape index (κ2) is 9.28. The molecule has 7 heteroatoms. The van der Waals surface area contributed by atoms with Gasteiger partial charge in [0.1, 0.15) is 0 Å². The number of rotatable bonds is 7. The molecule has 0 bridgehead atoms. The normalized spacial score (nSPS) is 11.3. The maximum atomic E-state index is 12.2. The first-order valence-electron chi connectivity index (χ1n) is 8.71. The number of carbonyl (C=O) groups excluding carboxylic acids is 1. The van der Waals surface area contributed by atoms with E-state index in [9.17, 15) is 13.2 Å². The summed E-state index contributed by atoms with van der Waals surface area (Å²) in [5, 5.41) is 2.59. The lowest BCUT2D eigenvalue weighted by atomic mass is 10.0. The number of sulfonamides is 1. The highest BCUT2D eigenvalue weighted by atomic mass is 32.2. The lowest BCUT2D eigenvalue weighted by molar-refractivity contribution is 0.246. The summed E-state index contributed by atoms with van der Waals surface area (Å²) in [5.74, 6) is 1.56. The van der Waals surface area contributed by atoms with Gasteiger partial charge in [-0.1, -0.05) is 35.4 Å². The van der Waals surface area contributed by atoms with Crippen LogP contribution in [-0.2, 0) is 15.8 Å².